The van der Waals surface area contributed by atoms with Crippen LogP contribution in [0, 0.1) is 18.2 Å². The Morgan fingerprint density at radius 3 is 2.91 bits per heavy atom. The van der Waals surface area contributed by atoms with Crippen LogP contribution < -0.4 is 11.1 Å². The molecule has 1 heterocycles. The van der Waals surface area contributed by atoms with Gasteiger partial charge in [-0.2, -0.15) is 8.78 Å². The number of aliphatic imine (C=N–C) groups is 1. The highest BCUT2D eigenvalue weighted by molar-refractivity contribution is 5.94. The van der Waals surface area contributed by atoms with Gasteiger partial charge in [0, 0.05) is 11.1 Å². The van der Waals surface area contributed by atoms with Gasteiger partial charge in [0.15, 0.2) is 0 Å². The second kappa shape index (κ2) is 5.83. The van der Waals surface area contributed by atoms with Crippen LogP contribution in [0.5, 0.6) is 0 Å². The van der Waals surface area contributed by atoms with E-state index in [0.29, 0.717) is 0 Å². The fourth-order valence-electron chi connectivity index (χ4n) is 2.16. The molecule has 122 valence electrons. The van der Waals surface area contributed by atoms with Gasteiger partial charge in [-0.15, -0.1) is 6.42 Å². The quantitative estimate of drug-likeness (QED) is 0.825. The van der Waals surface area contributed by atoms with E-state index in [4.69, 9.17) is 16.9 Å². The van der Waals surface area contributed by atoms with Crippen molar-refractivity contribution in [2.75, 3.05) is 13.1 Å². The minimum absolute atomic E-state index is 0.0293. The van der Waals surface area contributed by atoms with Crippen LogP contribution in [0.3, 0.4) is 0 Å². The van der Waals surface area contributed by atoms with Crippen LogP contribution in [0.4, 0.5) is 13.2 Å². The number of nitrogens with two attached hydrogens (primary N) is 1. The molecule has 0 saturated carbocycles. The number of hydrogen-bond acceptors (Lipinski definition) is 4. The Hall–Kier alpha value is -2.69. The molecule has 0 unspecified atom stereocenters. The van der Waals surface area contributed by atoms with Gasteiger partial charge in [-0.05, 0) is 25.1 Å². The van der Waals surface area contributed by atoms with Gasteiger partial charge in [0.05, 0.1) is 6.54 Å². The first kappa shape index (κ1) is 16.7. The summed E-state index contributed by atoms with van der Waals surface area (Å²) in [5, 5.41) is 2.37. The van der Waals surface area contributed by atoms with Crippen LogP contribution in [0.15, 0.2) is 23.2 Å². The van der Waals surface area contributed by atoms with Gasteiger partial charge in [-0.1, -0.05) is 5.92 Å². The van der Waals surface area contributed by atoms with E-state index in [0.717, 1.165) is 25.1 Å². The van der Waals surface area contributed by atoms with Crippen molar-refractivity contribution in [3.05, 3.63) is 35.1 Å². The van der Waals surface area contributed by atoms with Gasteiger partial charge >= 0.3 is 5.92 Å². The SMILES string of the molecule is C#CCNC(=O)c1ccc(F)c([C@@]2(C)OC(N)=NCC2(F)F)c1. The maximum absolute atomic E-state index is 14.2. The van der Waals surface area contributed by atoms with Crippen molar-refractivity contribution >= 4 is 11.9 Å². The highest BCUT2D eigenvalue weighted by Crippen LogP contribution is 2.44. The van der Waals surface area contributed by atoms with Crippen LogP contribution in [0.25, 0.3) is 0 Å². The third-order valence-electron chi connectivity index (χ3n) is 3.53. The molecule has 1 aromatic rings. The van der Waals surface area contributed by atoms with Crippen molar-refractivity contribution in [2.24, 2.45) is 10.7 Å². The number of halogens is 3. The molecule has 23 heavy (non-hydrogen) atoms. The van der Waals surface area contributed by atoms with Crippen LogP contribution >= 0.6 is 0 Å². The number of nitrogens with one attached hydrogen (secondary N) is 1. The Labute approximate surface area is 130 Å². The van der Waals surface area contributed by atoms with Crippen molar-refractivity contribution in [1.82, 2.24) is 5.32 Å². The van der Waals surface area contributed by atoms with Crippen molar-refractivity contribution in [2.45, 2.75) is 18.4 Å². The molecule has 0 bridgehead atoms. The number of hydrogen-bond donors (Lipinski definition) is 2. The predicted molar refractivity (Wildman–Crippen MR) is 77.4 cm³/mol. The molecule has 2 rings (SSSR count). The van der Waals surface area contributed by atoms with Crippen molar-refractivity contribution < 1.29 is 22.7 Å². The zero-order chi connectivity index (χ0) is 17.3. The molecule has 5 nitrogen and oxygen atoms in total. The fraction of sp³-hybridized carbons (Fsp3) is 0.333. The first-order valence-corrected chi connectivity index (χ1v) is 6.60. The van der Waals surface area contributed by atoms with E-state index in [9.17, 15) is 18.0 Å². The summed E-state index contributed by atoms with van der Waals surface area (Å²) < 4.78 is 47.6. The summed E-state index contributed by atoms with van der Waals surface area (Å²) in [5.74, 6) is -2.87. The van der Waals surface area contributed by atoms with Gasteiger partial charge in [-0.3, -0.25) is 4.79 Å². The summed E-state index contributed by atoms with van der Waals surface area (Å²) in [4.78, 5) is 15.2. The monoisotopic (exact) mass is 325 g/mol. The van der Waals surface area contributed by atoms with E-state index in [1.54, 1.807) is 0 Å². The molecule has 3 N–H and O–H groups in total. The molecule has 0 fully saturated rings. The standard InChI is InChI=1S/C15H14F3N3O2/c1-3-6-20-12(22)9-4-5-11(16)10(7-9)14(2)15(17,18)8-21-13(19)23-14/h1,4-5,7H,6,8H2,2H3,(H2,19,21)(H,20,22)/t14-/m1/s1. The molecule has 1 aliphatic heterocycles. The van der Waals surface area contributed by atoms with Gasteiger partial charge in [0.2, 0.25) is 5.60 Å². The number of carbonyl (C=O) groups is 1. The predicted octanol–water partition coefficient (Wildman–Crippen LogP) is 1.38. The van der Waals surface area contributed by atoms with E-state index in [1.165, 1.54) is 0 Å². The summed E-state index contributed by atoms with van der Waals surface area (Å²) in [6.45, 7) is 0.00739. The minimum atomic E-state index is -3.51. The maximum Gasteiger partial charge on any atom is 0.310 e. The first-order chi connectivity index (χ1) is 10.7. The lowest BCUT2D eigenvalue weighted by atomic mass is 9.86. The van der Waals surface area contributed by atoms with Gasteiger partial charge < -0.3 is 15.8 Å². The van der Waals surface area contributed by atoms with Crippen LogP contribution in [-0.2, 0) is 10.3 Å². The van der Waals surface area contributed by atoms with Crippen molar-refractivity contribution in [3.63, 3.8) is 0 Å². The lowest BCUT2D eigenvalue weighted by Gasteiger charge is -2.39. The Kier molecular flexibility index (Phi) is 4.23. The molecule has 0 radical (unpaired) electrons. The summed E-state index contributed by atoms with van der Waals surface area (Å²) in [6.07, 6.45) is 5.03. The molecule has 1 aliphatic rings. The lowest BCUT2D eigenvalue weighted by Crippen LogP contribution is -2.53. The molecule has 0 aliphatic carbocycles. The highest BCUT2D eigenvalue weighted by atomic mass is 19.3. The summed E-state index contributed by atoms with van der Waals surface area (Å²) >= 11 is 0. The smallest absolute Gasteiger partial charge is 0.310 e. The van der Waals surface area contributed by atoms with Crippen LogP contribution in [0.2, 0.25) is 0 Å². The number of benzene rings is 1. The van der Waals surface area contributed by atoms with E-state index >= 15 is 0 Å². The molecular formula is C15H14F3N3O2. The second-order valence-corrected chi connectivity index (χ2v) is 5.08. The van der Waals surface area contributed by atoms with Gasteiger partial charge in [0.1, 0.15) is 12.4 Å². The number of rotatable bonds is 3. The zero-order valence-electron chi connectivity index (χ0n) is 12.2. The van der Waals surface area contributed by atoms with Gasteiger partial charge in [0.25, 0.3) is 11.9 Å². The fourth-order valence-corrected chi connectivity index (χ4v) is 2.16. The molecular weight excluding hydrogens is 311 g/mol. The van der Waals surface area contributed by atoms with E-state index < -0.39 is 41.4 Å². The zero-order valence-corrected chi connectivity index (χ0v) is 12.2. The minimum Gasteiger partial charge on any atom is -0.448 e. The van der Waals surface area contributed by atoms with Crippen LogP contribution in [-0.4, -0.2) is 30.9 Å². The number of alkyl halides is 2. The van der Waals surface area contributed by atoms with E-state index in [2.05, 4.69) is 16.2 Å². The molecule has 0 spiro atoms. The first-order valence-electron chi connectivity index (χ1n) is 6.60. The number of carbonyl (C=O) groups excluding carboxylic acids is 1. The molecule has 0 aromatic heterocycles. The normalized spacial score (nSPS) is 22.5. The Balaban J connectivity index is 2.48. The van der Waals surface area contributed by atoms with Crippen LogP contribution in [0.1, 0.15) is 22.8 Å². The average Bonchev–Trinajstić information content (AvgIpc) is 2.49. The summed E-state index contributed by atoms with van der Waals surface area (Å²) in [5.41, 5.74) is 2.45. The van der Waals surface area contributed by atoms with E-state index in [1.807, 2.05) is 0 Å². The Morgan fingerprint density at radius 2 is 2.26 bits per heavy atom. The largest absolute Gasteiger partial charge is 0.448 e. The molecule has 1 amide bonds. The van der Waals surface area contributed by atoms with E-state index in [-0.39, 0.29) is 12.1 Å². The third-order valence-corrected chi connectivity index (χ3v) is 3.53. The summed E-state index contributed by atoms with van der Waals surface area (Å²) in [6, 6.07) is 2.59. The number of amidine groups is 1. The number of ether oxygens (including phenoxy) is 1. The second-order valence-electron chi connectivity index (χ2n) is 5.08. The average molecular weight is 325 g/mol. The number of nitrogens with zero attached hydrogens (tertiary/aromatic N) is 1. The third kappa shape index (κ3) is 2.95. The van der Waals surface area contributed by atoms with Gasteiger partial charge in [-0.25, -0.2) is 9.38 Å². The van der Waals surface area contributed by atoms with Crippen molar-refractivity contribution in [1.29, 1.82) is 0 Å². The summed E-state index contributed by atoms with van der Waals surface area (Å²) in [7, 11) is 0. The number of amides is 1. The highest BCUT2D eigenvalue weighted by Gasteiger charge is 2.57. The number of terminal acetylenes is 1. The topological polar surface area (TPSA) is 76.7 Å². The molecule has 1 atom stereocenters. The Bertz CT molecular complexity index is 712. The Morgan fingerprint density at radius 1 is 1.57 bits per heavy atom. The maximum atomic E-state index is 14.2. The lowest BCUT2D eigenvalue weighted by molar-refractivity contribution is -0.173. The molecule has 0 saturated heterocycles. The molecule has 8 heteroatoms. The van der Waals surface area contributed by atoms with Crippen molar-refractivity contribution in [3.8, 4) is 12.3 Å². The molecule has 1 aromatic carbocycles.